The Balaban J connectivity index is 1.75. The molecule has 12 heteroatoms. The first-order valence-electron chi connectivity index (χ1n) is 10.5. The van der Waals surface area contributed by atoms with Gasteiger partial charge in [-0.2, -0.15) is 18.3 Å². The number of anilines is 1. The van der Waals surface area contributed by atoms with Crippen molar-refractivity contribution in [1.82, 2.24) is 23.9 Å². The predicted octanol–water partition coefficient (Wildman–Crippen LogP) is 3.76. The van der Waals surface area contributed by atoms with E-state index < -0.39 is 22.5 Å². The van der Waals surface area contributed by atoms with E-state index >= 15 is 0 Å². The summed E-state index contributed by atoms with van der Waals surface area (Å²) in [6.45, 7) is 7.12. The number of hydrogen-bond donors (Lipinski definition) is 0. The van der Waals surface area contributed by atoms with Crippen LogP contribution in [-0.2, 0) is 17.5 Å². The first-order chi connectivity index (χ1) is 15.5. The molecule has 0 bridgehead atoms. The molecule has 1 fully saturated rings. The summed E-state index contributed by atoms with van der Waals surface area (Å²) >= 11 is 6.14. The number of aromatic nitrogens is 5. The molecular weight excluding hydrogens is 461 g/mol. The van der Waals surface area contributed by atoms with Gasteiger partial charge in [-0.25, -0.2) is 9.78 Å². The molecule has 0 spiro atoms. The molecular formula is C21H24ClF3N6O2. The smallest absolute Gasteiger partial charge is 0.375 e. The Morgan fingerprint density at radius 1 is 1.30 bits per heavy atom. The number of alkyl halides is 3. The molecule has 1 aliphatic heterocycles. The second-order valence-electron chi connectivity index (χ2n) is 8.29. The standard InChI is InChI=1S/C21H24ClF3N6O2/c1-13(2)31-12-15(9-26-31)11-29-4-5-30(20(29)32)19-18(22)16(21(23,24)25)8-17(27-19)28-6-7-33-14(3)10-28/h4-5,8-9,12-14H,6-7,10-11H2,1-3H3/t14-/m1/s1. The van der Waals surface area contributed by atoms with Gasteiger partial charge >= 0.3 is 11.9 Å². The molecule has 0 amide bonds. The molecule has 0 aliphatic carbocycles. The van der Waals surface area contributed by atoms with Crippen LogP contribution in [0.25, 0.3) is 5.82 Å². The van der Waals surface area contributed by atoms with Crippen molar-refractivity contribution in [2.75, 3.05) is 24.6 Å². The highest BCUT2D eigenvalue weighted by Gasteiger charge is 2.37. The lowest BCUT2D eigenvalue weighted by molar-refractivity contribution is -0.137. The van der Waals surface area contributed by atoms with E-state index in [9.17, 15) is 18.0 Å². The van der Waals surface area contributed by atoms with Crippen LogP contribution in [0.1, 0.15) is 37.9 Å². The number of ether oxygens (including phenoxy) is 1. The van der Waals surface area contributed by atoms with Gasteiger partial charge in [-0.3, -0.25) is 13.8 Å². The first-order valence-corrected chi connectivity index (χ1v) is 10.9. The van der Waals surface area contributed by atoms with Crippen LogP contribution < -0.4 is 10.6 Å². The highest BCUT2D eigenvalue weighted by Crippen LogP contribution is 2.39. The summed E-state index contributed by atoms with van der Waals surface area (Å²) in [6, 6.07) is 1.08. The maximum absolute atomic E-state index is 13.8. The highest BCUT2D eigenvalue weighted by molar-refractivity contribution is 6.33. The lowest BCUT2D eigenvalue weighted by Gasteiger charge is -2.32. The second kappa shape index (κ2) is 8.86. The Labute approximate surface area is 193 Å². The third-order valence-electron chi connectivity index (χ3n) is 5.41. The van der Waals surface area contributed by atoms with Crippen LogP contribution in [0.4, 0.5) is 19.0 Å². The molecule has 0 aromatic carbocycles. The van der Waals surface area contributed by atoms with Crippen LogP contribution in [0.15, 0.2) is 35.6 Å². The van der Waals surface area contributed by atoms with E-state index in [1.54, 1.807) is 15.8 Å². The van der Waals surface area contributed by atoms with Crippen LogP contribution in [0, 0.1) is 0 Å². The summed E-state index contributed by atoms with van der Waals surface area (Å²) < 4.78 is 51.0. The third-order valence-corrected chi connectivity index (χ3v) is 5.78. The highest BCUT2D eigenvalue weighted by atomic mass is 35.5. The monoisotopic (exact) mass is 484 g/mol. The van der Waals surface area contributed by atoms with E-state index in [1.807, 2.05) is 27.0 Å². The van der Waals surface area contributed by atoms with Gasteiger partial charge in [0.1, 0.15) is 5.82 Å². The number of pyridine rings is 1. The molecule has 4 rings (SSSR count). The predicted molar refractivity (Wildman–Crippen MR) is 117 cm³/mol. The van der Waals surface area contributed by atoms with E-state index in [0.717, 1.165) is 16.2 Å². The number of nitrogens with zero attached hydrogens (tertiary/aromatic N) is 6. The van der Waals surface area contributed by atoms with Crippen molar-refractivity contribution < 1.29 is 17.9 Å². The van der Waals surface area contributed by atoms with Gasteiger partial charge in [0.15, 0.2) is 5.82 Å². The van der Waals surface area contributed by atoms with E-state index in [4.69, 9.17) is 16.3 Å². The summed E-state index contributed by atoms with van der Waals surface area (Å²) in [5.41, 5.74) is -0.807. The molecule has 1 aliphatic rings. The van der Waals surface area contributed by atoms with Gasteiger partial charge in [-0.05, 0) is 26.8 Å². The van der Waals surface area contributed by atoms with Crippen molar-refractivity contribution in [3.63, 3.8) is 0 Å². The average Bonchev–Trinajstić information content (AvgIpc) is 3.35. The number of hydrogen-bond acceptors (Lipinski definition) is 5. The van der Waals surface area contributed by atoms with Crippen LogP contribution in [0.2, 0.25) is 5.02 Å². The maximum Gasteiger partial charge on any atom is 0.418 e. The topological polar surface area (TPSA) is 70.1 Å². The van der Waals surface area contributed by atoms with Gasteiger partial charge in [-0.15, -0.1) is 0 Å². The fraction of sp³-hybridized carbons (Fsp3) is 0.476. The molecule has 3 aromatic rings. The minimum Gasteiger partial charge on any atom is -0.375 e. The molecule has 8 nitrogen and oxygen atoms in total. The second-order valence-corrected chi connectivity index (χ2v) is 8.67. The molecule has 3 aromatic heterocycles. The van der Waals surface area contributed by atoms with Crippen molar-refractivity contribution in [2.45, 2.75) is 45.6 Å². The van der Waals surface area contributed by atoms with Crippen molar-refractivity contribution in [3.8, 4) is 5.82 Å². The number of morpholine rings is 1. The summed E-state index contributed by atoms with van der Waals surface area (Å²) in [7, 11) is 0. The summed E-state index contributed by atoms with van der Waals surface area (Å²) in [5, 5.41) is 3.62. The summed E-state index contributed by atoms with van der Waals surface area (Å²) in [6.07, 6.45) is 1.46. The van der Waals surface area contributed by atoms with E-state index in [2.05, 4.69) is 10.1 Å². The van der Waals surface area contributed by atoms with Crippen molar-refractivity contribution in [3.05, 3.63) is 57.5 Å². The Morgan fingerprint density at radius 3 is 2.70 bits per heavy atom. The third kappa shape index (κ3) is 4.79. The normalized spacial score (nSPS) is 17.2. The molecule has 4 heterocycles. The van der Waals surface area contributed by atoms with Crippen LogP contribution in [-0.4, -0.2) is 49.7 Å². The molecule has 0 saturated carbocycles. The largest absolute Gasteiger partial charge is 0.418 e. The summed E-state index contributed by atoms with van der Waals surface area (Å²) in [5.74, 6) is -0.169. The van der Waals surface area contributed by atoms with Crippen molar-refractivity contribution in [2.24, 2.45) is 0 Å². The van der Waals surface area contributed by atoms with E-state index in [1.165, 1.54) is 17.0 Å². The lowest BCUT2D eigenvalue weighted by atomic mass is 10.2. The zero-order valence-corrected chi connectivity index (χ0v) is 19.1. The molecule has 1 atom stereocenters. The summed E-state index contributed by atoms with van der Waals surface area (Å²) in [4.78, 5) is 19.1. The zero-order chi connectivity index (χ0) is 23.9. The minimum absolute atomic E-state index is 0.0923. The molecule has 0 N–H and O–H groups in total. The molecule has 0 unspecified atom stereocenters. The first kappa shape index (κ1) is 23.4. The molecule has 178 valence electrons. The van der Waals surface area contributed by atoms with Crippen molar-refractivity contribution >= 4 is 17.4 Å². The van der Waals surface area contributed by atoms with Crippen LogP contribution >= 0.6 is 11.6 Å². The minimum atomic E-state index is -4.71. The average molecular weight is 485 g/mol. The number of rotatable bonds is 5. The van der Waals surface area contributed by atoms with Gasteiger partial charge in [0, 0.05) is 43.3 Å². The van der Waals surface area contributed by atoms with Gasteiger partial charge in [0.2, 0.25) is 0 Å². The van der Waals surface area contributed by atoms with E-state index in [0.29, 0.717) is 19.7 Å². The van der Waals surface area contributed by atoms with Crippen LogP contribution in [0.5, 0.6) is 0 Å². The van der Waals surface area contributed by atoms with Gasteiger partial charge in [0.05, 0.1) is 36.0 Å². The number of halogens is 4. The molecule has 33 heavy (non-hydrogen) atoms. The van der Waals surface area contributed by atoms with Gasteiger partial charge < -0.3 is 9.64 Å². The molecule has 0 radical (unpaired) electrons. The Morgan fingerprint density at radius 2 is 2.06 bits per heavy atom. The Bertz CT molecular complexity index is 1200. The van der Waals surface area contributed by atoms with Crippen LogP contribution in [0.3, 0.4) is 0 Å². The zero-order valence-electron chi connectivity index (χ0n) is 18.4. The fourth-order valence-electron chi connectivity index (χ4n) is 3.69. The molecule has 1 saturated heterocycles. The Kier molecular flexibility index (Phi) is 6.28. The van der Waals surface area contributed by atoms with Crippen molar-refractivity contribution in [1.29, 1.82) is 0 Å². The fourth-order valence-corrected chi connectivity index (χ4v) is 3.98. The quantitative estimate of drug-likeness (QED) is 0.551. The SMILES string of the molecule is CC(C)n1cc(Cn2ccn(-c3nc(N4CCO[C@H](C)C4)cc(C(F)(F)F)c3Cl)c2=O)cn1. The Hall–Kier alpha value is -2.79. The van der Waals surface area contributed by atoms with Gasteiger partial charge in [0.25, 0.3) is 0 Å². The lowest BCUT2D eigenvalue weighted by Crippen LogP contribution is -2.41. The van der Waals surface area contributed by atoms with E-state index in [-0.39, 0.29) is 30.3 Å². The maximum atomic E-state index is 13.8. The van der Waals surface area contributed by atoms with Gasteiger partial charge in [-0.1, -0.05) is 11.6 Å². The number of imidazole rings is 1.